The standard InChI is InChI=1S/C11H15N3O2.Na/c1-8-4-5-9(2)10(6-8)12-13-14(3)7-11(15)16;/h4-6H,7H2,1-3H3,(H,15,16);/q;+1/p-1. The van der Waals surface area contributed by atoms with Gasteiger partial charge in [0.1, 0.15) is 0 Å². The van der Waals surface area contributed by atoms with Gasteiger partial charge in [0.15, 0.2) is 0 Å². The van der Waals surface area contributed by atoms with E-state index in [9.17, 15) is 9.90 Å². The van der Waals surface area contributed by atoms with E-state index in [4.69, 9.17) is 0 Å². The Kier molecular flexibility index (Phi) is 7.03. The molecule has 86 valence electrons. The average molecular weight is 243 g/mol. The van der Waals surface area contributed by atoms with Gasteiger partial charge in [-0.1, -0.05) is 17.4 Å². The molecule has 0 spiro atoms. The summed E-state index contributed by atoms with van der Waals surface area (Å²) in [7, 11) is 1.53. The fourth-order valence-electron chi connectivity index (χ4n) is 1.17. The monoisotopic (exact) mass is 243 g/mol. The van der Waals surface area contributed by atoms with Crippen LogP contribution in [0.5, 0.6) is 0 Å². The minimum atomic E-state index is -1.18. The van der Waals surface area contributed by atoms with Crippen LogP contribution in [-0.2, 0) is 4.79 Å². The van der Waals surface area contributed by atoms with Crippen molar-refractivity contribution >= 4 is 11.7 Å². The number of likely N-dealkylation sites (N-methyl/N-ethyl adjacent to an activating group) is 1. The van der Waals surface area contributed by atoms with Crippen molar-refractivity contribution < 1.29 is 39.5 Å². The fourth-order valence-corrected chi connectivity index (χ4v) is 1.17. The Morgan fingerprint density at radius 1 is 1.41 bits per heavy atom. The number of hydrogen-bond donors (Lipinski definition) is 0. The predicted octanol–water partition coefficient (Wildman–Crippen LogP) is -2.01. The van der Waals surface area contributed by atoms with Crippen molar-refractivity contribution in [2.45, 2.75) is 13.8 Å². The molecule has 1 aromatic carbocycles. The quantitative estimate of drug-likeness (QED) is 0.348. The van der Waals surface area contributed by atoms with Gasteiger partial charge in [-0.3, -0.25) is 5.01 Å². The van der Waals surface area contributed by atoms with Crippen molar-refractivity contribution in [3.63, 3.8) is 0 Å². The van der Waals surface area contributed by atoms with Gasteiger partial charge in [-0.25, -0.2) is 0 Å². The van der Waals surface area contributed by atoms with Crippen molar-refractivity contribution in [2.75, 3.05) is 13.6 Å². The number of hydrogen-bond acceptors (Lipinski definition) is 4. The number of carboxylic acid groups (broad SMARTS) is 1. The molecule has 0 saturated carbocycles. The van der Waals surface area contributed by atoms with Crippen LogP contribution in [0.25, 0.3) is 0 Å². The van der Waals surface area contributed by atoms with Crippen LogP contribution in [0.15, 0.2) is 28.5 Å². The Balaban J connectivity index is 0.00000256. The van der Waals surface area contributed by atoms with Gasteiger partial charge in [-0.05, 0) is 31.0 Å². The molecular formula is C11H14N3NaO2. The van der Waals surface area contributed by atoms with E-state index in [-0.39, 0.29) is 36.1 Å². The van der Waals surface area contributed by atoms with Crippen molar-refractivity contribution in [2.24, 2.45) is 10.3 Å². The van der Waals surface area contributed by atoms with E-state index in [0.717, 1.165) is 16.8 Å². The van der Waals surface area contributed by atoms with E-state index in [0.29, 0.717) is 0 Å². The molecule has 1 aromatic rings. The number of benzene rings is 1. The molecule has 0 radical (unpaired) electrons. The third-order valence-corrected chi connectivity index (χ3v) is 2.03. The largest absolute Gasteiger partial charge is 1.00 e. The molecule has 0 amide bonds. The summed E-state index contributed by atoms with van der Waals surface area (Å²) >= 11 is 0. The van der Waals surface area contributed by atoms with Gasteiger partial charge in [-0.2, -0.15) is 0 Å². The molecule has 0 atom stereocenters. The number of aliphatic carboxylic acids is 1. The molecule has 0 aliphatic rings. The van der Waals surface area contributed by atoms with Crippen LogP contribution in [0.4, 0.5) is 5.69 Å². The molecule has 0 aliphatic heterocycles. The Morgan fingerprint density at radius 3 is 2.65 bits per heavy atom. The summed E-state index contributed by atoms with van der Waals surface area (Å²) in [6.45, 7) is 3.62. The van der Waals surface area contributed by atoms with Crippen molar-refractivity contribution in [1.29, 1.82) is 0 Å². The summed E-state index contributed by atoms with van der Waals surface area (Å²) in [5.41, 5.74) is 2.82. The second-order valence-corrected chi connectivity index (χ2v) is 3.67. The van der Waals surface area contributed by atoms with Crippen molar-refractivity contribution in [3.05, 3.63) is 29.3 Å². The normalized spacial score (nSPS) is 10.1. The molecule has 0 saturated heterocycles. The smallest absolute Gasteiger partial charge is 0.548 e. The molecule has 6 heteroatoms. The number of nitrogens with zero attached hydrogens (tertiary/aromatic N) is 3. The summed E-state index contributed by atoms with van der Waals surface area (Å²) in [6.07, 6.45) is 0. The zero-order valence-electron chi connectivity index (χ0n) is 10.6. The van der Waals surface area contributed by atoms with Gasteiger partial charge in [-0.15, -0.1) is 5.11 Å². The maximum Gasteiger partial charge on any atom is 1.00 e. The van der Waals surface area contributed by atoms with Gasteiger partial charge in [0.25, 0.3) is 0 Å². The molecule has 0 unspecified atom stereocenters. The van der Waals surface area contributed by atoms with E-state index in [1.54, 1.807) is 0 Å². The van der Waals surface area contributed by atoms with Gasteiger partial charge in [0.05, 0.1) is 18.2 Å². The van der Waals surface area contributed by atoms with Gasteiger partial charge in [0.2, 0.25) is 0 Å². The van der Waals surface area contributed by atoms with Gasteiger partial charge in [0, 0.05) is 7.05 Å². The molecule has 0 fully saturated rings. The maximum absolute atomic E-state index is 10.3. The van der Waals surface area contributed by atoms with Crippen LogP contribution >= 0.6 is 0 Å². The number of carbonyl (C=O) groups excluding carboxylic acids is 1. The van der Waals surface area contributed by atoms with Crippen LogP contribution in [0.2, 0.25) is 0 Å². The number of carboxylic acids is 1. The Hall–Kier alpha value is -0.910. The molecule has 0 aliphatic carbocycles. The molecule has 0 N–H and O–H groups in total. The predicted molar refractivity (Wildman–Crippen MR) is 58.1 cm³/mol. The second kappa shape index (κ2) is 7.42. The van der Waals surface area contributed by atoms with Gasteiger partial charge < -0.3 is 9.90 Å². The molecule has 17 heavy (non-hydrogen) atoms. The number of aryl methyl sites for hydroxylation is 2. The SMILES string of the molecule is Cc1ccc(C)c(N=NN(C)CC(=O)[O-])c1.[Na+]. The topological polar surface area (TPSA) is 68.1 Å². The van der Waals surface area contributed by atoms with E-state index in [1.165, 1.54) is 12.1 Å². The summed E-state index contributed by atoms with van der Waals surface area (Å²) in [4.78, 5) is 10.3. The molecule has 0 bridgehead atoms. The summed E-state index contributed by atoms with van der Waals surface area (Å²) in [5, 5.41) is 19.3. The zero-order valence-corrected chi connectivity index (χ0v) is 12.6. The molecule has 5 nitrogen and oxygen atoms in total. The van der Waals surface area contributed by atoms with Crippen molar-refractivity contribution in [1.82, 2.24) is 5.01 Å². The minimum absolute atomic E-state index is 0. The summed E-state index contributed by atoms with van der Waals surface area (Å²) < 4.78 is 0. The average Bonchev–Trinajstić information content (AvgIpc) is 2.18. The van der Waals surface area contributed by atoms with E-state index < -0.39 is 5.97 Å². The van der Waals surface area contributed by atoms with Crippen LogP contribution in [-0.4, -0.2) is 24.6 Å². The first kappa shape index (κ1) is 16.1. The van der Waals surface area contributed by atoms with Crippen molar-refractivity contribution in [3.8, 4) is 0 Å². The molecule has 0 heterocycles. The maximum atomic E-state index is 10.3. The first-order chi connectivity index (χ1) is 7.49. The van der Waals surface area contributed by atoms with E-state index >= 15 is 0 Å². The van der Waals surface area contributed by atoms with Gasteiger partial charge >= 0.3 is 29.6 Å². The molecule has 0 aromatic heterocycles. The Morgan fingerprint density at radius 2 is 2.06 bits per heavy atom. The van der Waals surface area contributed by atoms with Crippen LogP contribution in [0.3, 0.4) is 0 Å². The van der Waals surface area contributed by atoms with E-state index in [2.05, 4.69) is 10.3 Å². The Bertz CT molecular complexity index is 421. The third-order valence-electron chi connectivity index (χ3n) is 2.03. The summed E-state index contributed by atoms with van der Waals surface area (Å²) in [5.74, 6) is -1.18. The minimum Gasteiger partial charge on any atom is -0.548 e. The van der Waals surface area contributed by atoms with Crippen LogP contribution < -0.4 is 34.7 Å². The molecule has 1 rings (SSSR count). The number of carbonyl (C=O) groups is 1. The van der Waals surface area contributed by atoms with Crippen LogP contribution in [0.1, 0.15) is 11.1 Å². The number of rotatable bonds is 4. The first-order valence-electron chi connectivity index (χ1n) is 4.89. The Labute approximate surface area is 123 Å². The van der Waals surface area contributed by atoms with Crippen LogP contribution in [0, 0.1) is 13.8 Å². The molecular weight excluding hydrogens is 229 g/mol. The third kappa shape index (κ3) is 5.81. The first-order valence-corrected chi connectivity index (χ1v) is 4.89. The second-order valence-electron chi connectivity index (χ2n) is 3.67. The zero-order chi connectivity index (χ0) is 12.1. The summed E-state index contributed by atoms with van der Waals surface area (Å²) in [6, 6.07) is 5.83. The van der Waals surface area contributed by atoms with E-state index in [1.807, 2.05) is 32.0 Å². The fraction of sp³-hybridized carbons (Fsp3) is 0.364.